The molecule has 104 valence electrons. The number of nitrogens with zero attached hydrogens (tertiary/aromatic N) is 2. The maximum absolute atomic E-state index is 12.3. The zero-order valence-corrected chi connectivity index (χ0v) is 12.0. The van der Waals surface area contributed by atoms with Gasteiger partial charge in [-0.15, -0.1) is 11.3 Å². The van der Waals surface area contributed by atoms with Crippen LogP contribution in [0.5, 0.6) is 0 Å². The molecule has 19 heavy (non-hydrogen) atoms. The van der Waals surface area contributed by atoms with Gasteiger partial charge in [0.15, 0.2) is 5.13 Å². The first-order chi connectivity index (χ1) is 8.95. The molecule has 0 spiro atoms. The number of thiazole rings is 1. The SMILES string of the molecule is CC(=O)Nc1nc(C(=O)N2C[C@@H](C)O[C@H](C)C2)cs1. The van der Waals surface area contributed by atoms with Crippen LogP contribution >= 0.6 is 11.3 Å². The Morgan fingerprint density at radius 2 is 2.05 bits per heavy atom. The Kier molecular flexibility index (Phi) is 4.16. The molecule has 7 heteroatoms. The summed E-state index contributed by atoms with van der Waals surface area (Å²) in [7, 11) is 0. The van der Waals surface area contributed by atoms with E-state index in [1.807, 2.05) is 13.8 Å². The number of amides is 2. The summed E-state index contributed by atoms with van der Waals surface area (Å²) in [5, 5.41) is 4.69. The zero-order valence-electron chi connectivity index (χ0n) is 11.2. The summed E-state index contributed by atoms with van der Waals surface area (Å²) >= 11 is 1.25. The minimum atomic E-state index is -0.193. The van der Waals surface area contributed by atoms with Crippen molar-refractivity contribution in [1.29, 1.82) is 0 Å². The number of ether oxygens (including phenoxy) is 1. The van der Waals surface area contributed by atoms with E-state index in [0.29, 0.717) is 23.9 Å². The van der Waals surface area contributed by atoms with E-state index in [2.05, 4.69) is 10.3 Å². The second-order valence-electron chi connectivity index (χ2n) is 4.69. The van der Waals surface area contributed by atoms with E-state index < -0.39 is 0 Å². The summed E-state index contributed by atoms with van der Waals surface area (Å²) in [6, 6.07) is 0. The number of carbonyl (C=O) groups is 2. The van der Waals surface area contributed by atoms with Crippen LogP contribution < -0.4 is 5.32 Å². The molecule has 1 fully saturated rings. The molecule has 0 unspecified atom stereocenters. The molecule has 2 rings (SSSR count). The van der Waals surface area contributed by atoms with E-state index in [1.165, 1.54) is 18.3 Å². The lowest BCUT2D eigenvalue weighted by molar-refractivity contribution is -0.114. The maximum atomic E-state index is 12.3. The fourth-order valence-electron chi connectivity index (χ4n) is 2.09. The van der Waals surface area contributed by atoms with Crippen molar-refractivity contribution < 1.29 is 14.3 Å². The fourth-order valence-corrected chi connectivity index (χ4v) is 2.82. The lowest BCUT2D eigenvalue weighted by Gasteiger charge is -2.34. The van der Waals surface area contributed by atoms with Crippen molar-refractivity contribution in [3.05, 3.63) is 11.1 Å². The van der Waals surface area contributed by atoms with Gasteiger partial charge in [-0.3, -0.25) is 9.59 Å². The van der Waals surface area contributed by atoms with Crippen molar-refractivity contribution in [2.45, 2.75) is 33.0 Å². The molecule has 1 aliphatic rings. The summed E-state index contributed by atoms with van der Waals surface area (Å²) in [4.78, 5) is 29.1. The molecule has 0 aliphatic carbocycles. The molecule has 0 bridgehead atoms. The minimum absolute atomic E-state index is 0.0288. The largest absolute Gasteiger partial charge is 0.372 e. The summed E-state index contributed by atoms with van der Waals surface area (Å²) in [6.45, 7) is 6.43. The summed E-state index contributed by atoms with van der Waals surface area (Å²) in [5.74, 6) is -0.309. The van der Waals surface area contributed by atoms with Gasteiger partial charge in [0.1, 0.15) is 5.69 Å². The molecular weight excluding hydrogens is 266 g/mol. The summed E-state index contributed by atoms with van der Waals surface area (Å²) in [5.41, 5.74) is 0.370. The van der Waals surface area contributed by atoms with Crippen LogP contribution in [0.3, 0.4) is 0 Å². The molecule has 1 aliphatic heterocycles. The molecule has 0 radical (unpaired) electrons. The average Bonchev–Trinajstić information content (AvgIpc) is 2.74. The van der Waals surface area contributed by atoms with Gasteiger partial charge < -0.3 is 15.0 Å². The van der Waals surface area contributed by atoms with Crippen LogP contribution in [-0.2, 0) is 9.53 Å². The third-order valence-corrected chi connectivity index (χ3v) is 3.47. The lowest BCUT2D eigenvalue weighted by atomic mass is 10.2. The highest BCUT2D eigenvalue weighted by molar-refractivity contribution is 7.14. The Morgan fingerprint density at radius 1 is 1.42 bits per heavy atom. The van der Waals surface area contributed by atoms with Crippen LogP contribution in [0.2, 0.25) is 0 Å². The zero-order chi connectivity index (χ0) is 14.0. The monoisotopic (exact) mass is 283 g/mol. The van der Waals surface area contributed by atoms with Gasteiger partial charge in [0.05, 0.1) is 12.2 Å². The number of anilines is 1. The van der Waals surface area contributed by atoms with Gasteiger partial charge in [-0.2, -0.15) is 0 Å². The van der Waals surface area contributed by atoms with Crippen LogP contribution in [0.1, 0.15) is 31.3 Å². The van der Waals surface area contributed by atoms with Gasteiger partial charge >= 0.3 is 0 Å². The predicted octanol–water partition coefficient (Wildman–Crippen LogP) is 1.35. The number of hydrogen-bond acceptors (Lipinski definition) is 5. The molecular formula is C12H17N3O3S. The Bertz CT molecular complexity index is 478. The number of aromatic nitrogens is 1. The van der Waals surface area contributed by atoms with Crippen LogP contribution in [0.4, 0.5) is 5.13 Å². The molecule has 6 nitrogen and oxygen atoms in total. The van der Waals surface area contributed by atoms with Crippen molar-refractivity contribution in [3.8, 4) is 0 Å². The molecule has 0 saturated carbocycles. The standard InChI is InChI=1S/C12H17N3O3S/c1-7-4-15(5-8(2)18-7)11(17)10-6-19-12(14-10)13-9(3)16/h6-8H,4-5H2,1-3H3,(H,13,14,16)/t7-,8-/m1/s1. The molecule has 1 aromatic heterocycles. The Labute approximate surface area is 115 Å². The number of hydrogen-bond donors (Lipinski definition) is 1. The number of carbonyl (C=O) groups excluding carboxylic acids is 2. The number of morpholine rings is 1. The maximum Gasteiger partial charge on any atom is 0.273 e. The first-order valence-corrected chi connectivity index (χ1v) is 7.01. The van der Waals surface area contributed by atoms with Crippen LogP contribution in [0.15, 0.2) is 5.38 Å². The van der Waals surface area contributed by atoms with Crippen molar-refractivity contribution in [2.75, 3.05) is 18.4 Å². The summed E-state index contributed by atoms with van der Waals surface area (Å²) < 4.78 is 5.59. The topological polar surface area (TPSA) is 71.5 Å². The quantitative estimate of drug-likeness (QED) is 0.889. The van der Waals surface area contributed by atoms with Crippen molar-refractivity contribution in [3.63, 3.8) is 0 Å². The fraction of sp³-hybridized carbons (Fsp3) is 0.583. The number of rotatable bonds is 2. The highest BCUT2D eigenvalue weighted by atomic mass is 32.1. The van der Waals surface area contributed by atoms with Crippen LogP contribution in [-0.4, -0.2) is 47.0 Å². The Morgan fingerprint density at radius 3 is 2.63 bits per heavy atom. The van der Waals surface area contributed by atoms with Crippen LogP contribution in [0.25, 0.3) is 0 Å². The molecule has 2 atom stereocenters. The normalized spacial score (nSPS) is 23.2. The summed E-state index contributed by atoms with van der Waals surface area (Å²) in [6.07, 6.45) is 0.0577. The van der Waals surface area contributed by atoms with E-state index in [-0.39, 0.29) is 24.0 Å². The first-order valence-electron chi connectivity index (χ1n) is 6.13. The molecule has 1 N–H and O–H groups in total. The highest BCUT2D eigenvalue weighted by Gasteiger charge is 2.27. The molecule has 1 saturated heterocycles. The third-order valence-electron chi connectivity index (χ3n) is 2.71. The van der Waals surface area contributed by atoms with Gasteiger partial charge in [0.2, 0.25) is 5.91 Å². The first kappa shape index (κ1) is 14.0. The number of nitrogens with one attached hydrogen (secondary N) is 1. The van der Waals surface area contributed by atoms with E-state index in [0.717, 1.165) is 0 Å². The van der Waals surface area contributed by atoms with Gasteiger partial charge in [-0.1, -0.05) is 0 Å². The minimum Gasteiger partial charge on any atom is -0.372 e. The third kappa shape index (κ3) is 3.51. The van der Waals surface area contributed by atoms with Crippen molar-refractivity contribution in [2.24, 2.45) is 0 Å². The van der Waals surface area contributed by atoms with Gasteiger partial charge in [-0.05, 0) is 13.8 Å². The van der Waals surface area contributed by atoms with Gasteiger partial charge in [0, 0.05) is 25.4 Å². The predicted molar refractivity (Wildman–Crippen MR) is 72.3 cm³/mol. The average molecular weight is 283 g/mol. The second-order valence-corrected chi connectivity index (χ2v) is 5.54. The highest BCUT2D eigenvalue weighted by Crippen LogP contribution is 2.19. The molecule has 1 aromatic rings. The van der Waals surface area contributed by atoms with E-state index >= 15 is 0 Å². The van der Waals surface area contributed by atoms with Gasteiger partial charge in [0.25, 0.3) is 5.91 Å². The van der Waals surface area contributed by atoms with Crippen LogP contribution in [0, 0.1) is 0 Å². The van der Waals surface area contributed by atoms with Crippen molar-refractivity contribution >= 4 is 28.3 Å². The molecule has 2 amide bonds. The molecule has 2 heterocycles. The van der Waals surface area contributed by atoms with Crippen molar-refractivity contribution in [1.82, 2.24) is 9.88 Å². The Balaban J connectivity index is 2.06. The Hall–Kier alpha value is -1.47. The second kappa shape index (κ2) is 5.66. The van der Waals surface area contributed by atoms with E-state index in [4.69, 9.17) is 4.74 Å². The molecule has 0 aromatic carbocycles. The smallest absolute Gasteiger partial charge is 0.273 e. The van der Waals surface area contributed by atoms with Gasteiger partial charge in [-0.25, -0.2) is 4.98 Å². The lowest BCUT2D eigenvalue weighted by Crippen LogP contribution is -2.48. The van der Waals surface area contributed by atoms with E-state index in [9.17, 15) is 9.59 Å². The van der Waals surface area contributed by atoms with E-state index in [1.54, 1.807) is 10.3 Å².